The summed E-state index contributed by atoms with van der Waals surface area (Å²) in [5.74, 6) is -1.41. The maximum Gasteiger partial charge on any atom is 0.332 e. The van der Waals surface area contributed by atoms with Crippen molar-refractivity contribution in [3.63, 3.8) is 0 Å². The number of nitriles is 1. The van der Waals surface area contributed by atoms with Gasteiger partial charge in [-0.3, -0.25) is 0 Å². The molecule has 0 aliphatic carbocycles. The van der Waals surface area contributed by atoms with E-state index in [1.54, 1.807) is 0 Å². The molecular weight excluding hydrogens is 224 g/mol. The molecule has 0 spiro atoms. The Bertz CT molecular complexity index is 358. The summed E-state index contributed by atoms with van der Waals surface area (Å²) >= 11 is 0. The third-order valence-electron chi connectivity index (χ3n) is 1.65. The van der Waals surface area contributed by atoms with Crippen LogP contribution in [0, 0.1) is 11.3 Å². The zero-order valence-corrected chi connectivity index (χ0v) is 8.86. The highest BCUT2D eigenvalue weighted by Gasteiger charge is 2.20. The van der Waals surface area contributed by atoms with Gasteiger partial charge in [-0.1, -0.05) is 0 Å². The topological polar surface area (TPSA) is 127 Å². The fraction of sp³-hybridized carbons (Fsp3) is 0.714. The number of aliphatic carboxylic acids is 1. The van der Waals surface area contributed by atoms with Gasteiger partial charge in [0.25, 0.3) is 0 Å². The number of nitrogens with one attached hydrogen (secondary N) is 1. The SMILES string of the molecule is CC(C#N)S(=O)(=O)NCCC(O)C(=O)O. The third kappa shape index (κ3) is 4.73. The first-order valence-corrected chi connectivity index (χ1v) is 5.65. The Labute approximate surface area is 87.4 Å². The number of aliphatic hydroxyl groups excluding tert-OH is 1. The van der Waals surface area contributed by atoms with Crippen LogP contribution in [0.25, 0.3) is 0 Å². The Morgan fingerprint density at radius 1 is 1.60 bits per heavy atom. The van der Waals surface area contributed by atoms with Crippen LogP contribution in [0.1, 0.15) is 13.3 Å². The van der Waals surface area contributed by atoms with Crippen LogP contribution >= 0.6 is 0 Å². The van der Waals surface area contributed by atoms with Crippen molar-refractivity contribution in [2.75, 3.05) is 6.54 Å². The molecule has 15 heavy (non-hydrogen) atoms. The van der Waals surface area contributed by atoms with Gasteiger partial charge in [-0.05, 0) is 13.3 Å². The van der Waals surface area contributed by atoms with Crippen LogP contribution in [0.15, 0.2) is 0 Å². The maximum absolute atomic E-state index is 11.2. The Hall–Kier alpha value is -1.17. The lowest BCUT2D eigenvalue weighted by Crippen LogP contribution is -2.34. The lowest BCUT2D eigenvalue weighted by molar-refractivity contribution is -0.146. The van der Waals surface area contributed by atoms with E-state index in [1.165, 1.54) is 13.0 Å². The van der Waals surface area contributed by atoms with Crippen LogP contribution in [-0.4, -0.2) is 42.5 Å². The Kier molecular flexibility index (Phi) is 5.21. The van der Waals surface area contributed by atoms with Crippen molar-refractivity contribution in [2.24, 2.45) is 0 Å². The van der Waals surface area contributed by atoms with Crippen molar-refractivity contribution in [2.45, 2.75) is 24.7 Å². The van der Waals surface area contributed by atoms with Gasteiger partial charge in [-0.15, -0.1) is 0 Å². The van der Waals surface area contributed by atoms with E-state index in [0.29, 0.717) is 0 Å². The van der Waals surface area contributed by atoms with Gasteiger partial charge in [0.2, 0.25) is 10.0 Å². The van der Waals surface area contributed by atoms with Gasteiger partial charge in [0.15, 0.2) is 11.4 Å². The van der Waals surface area contributed by atoms with E-state index < -0.39 is 27.3 Å². The summed E-state index contributed by atoms with van der Waals surface area (Å²) in [4.78, 5) is 10.2. The normalized spacial score (nSPS) is 15.3. The number of hydrogen-bond donors (Lipinski definition) is 3. The van der Waals surface area contributed by atoms with Crippen molar-refractivity contribution in [3.8, 4) is 6.07 Å². The molecule has 0 radical (unpaired) electrons. The molecule has 0 saturated carbocycles. The monoisotopic (exact) mass is 236 g/mol. The third-order valence-corrected chi connectivity index (χ3v) is 3.30. The second-order valence-corrected chi connectivity index (χ2v) is 4.94. The quantitative estimate of drug-likeness (QED) is 0.523. The van der Waals surface area contributed by atoms with Gasteiger partial charge < -0.3 is 10.2 Å². The lowest BCUT2D eigenvalue weighted by Gasteiger charge is -2.08. The van der Waals surface area contributed by atoms with Crippen LogP contribution in [0.5, 0.6) is 0 Å². The van der Waals surface area contributed by atoms with Gasteiger partial charge in [-0.25, -0.2) is 17.9 Å². The van der Waals surface area contributed by atoms with Crippen LogP contribution in [0.4, 0.5) is 0 Å². The zero-order valence-electron chi connectivity index (χ0n) is 8.04. The van der Waals surface area contributed by atoms with Crippen molar-refractivity contribution in [1.82, 2.24) is 4.72 Å². The maximum atomic E-state index is 11.2. The average Bonchev–Trinajstić information content (AvgIpc) is 2.15. The highest BCUT2D eigenvalue weighted by Crippen LogP contribution is 1.97. The number of carboxylic acids is 1. The molecule has 0 aromatic carbocycles. The first-order valence-electron chi connectivity index (χ1n) is 4.10. The van der Waals surface area contributed by atoms with Crippen molar-refractivity contribution in [1.29, 1.82) is 5.26 Å². The number of carbonyl (C=O) groups is 1. The predicted octanol–water partition coefficient (Wildman–Crippen LogP) is -1.35. The molecule has 0 aromatic rings. The summed E-state index contributed by atoms with van der Waals surface area (Å²) in [5, 5.41) is 24.3. The predicted molar refractivity (Wildman–Crippen MR) is 50.3 cm³/mol. The van der Waals surface area contributed by atoms with Crippen molar-refractivity contribution >= 4 is 16.0 Å². The van der Waals surface area contributed by atoms with E-state index >= 15 is 0 Å². The van der Waals surface area contributed by atoms with Crippen LogP contribution in [-0.2, 0) is 14.8 Å². The number of sulfonamides is 1. The molecule has 0 aliphatic heterocycles. The molecule has 0 amide bonds. The largest absolute Gasteiger partial charge is 0.479 e. The molecule has 86 valence electrons. The molecule has 0 aliphatic rings. The molecule has 8 heteroatoms. The summed E-state index contributed by atoms with van der Waals surface area (Å²) in [6, 6.07) is 1.54. The number of rotatable bonds is 6. The van der Waals surface area contributed by atoms with Gasteiger partial charge in [0.1, 0.15) is 0 Å². The minimum Gasteiger partial charge on any atom is -0.479 e. The Morgan fingerprint density at radius 3 is 2.53 bits per heavy atom. The van der Waals surface area contributed by atoms with E-state index in [9.17, 15) is 13.2 Å². The summed E-state index contributed by atoms with van der Waals surface area (Å²) in [5.41, 5.74) is 0. The molecule has 0 fully saturated rings. The minimum atomic E-state index is -3.75. The van der Waals surface area contributed by atoms with E-state index in [1.807, 2.05) is 4.72 Å². The molecule has 0 aromatic heterocycles. The molecule has 0 saturated heterocycles. The summed E-state index contributed by atoms with van der Waals surface area (Å²) < 4.78 is 24.3. The fourth-order valence-corrected chi connectivity index (χ4v) is 1.45. The smallest absolute Gasteiger partial charge is 0.332 e. The molecule has 0 heterocycles. The van der Waals surface area contributed by atoms with Crippen LogP contribution < -0.4 is 4.72 Å². The molecular formula is C7H12N2O5S. The molecule has 7 nitrogen and oxygen atoms in total. The van der Waals surface area contributed by atoms with Gasteiger partial charge in [0, 0.05) is 6.54 Å². The number of hydrogen-bond acceptors (Lipinski definition) is 5. The van der Waals surface area contributed by atoms with E-state index in [-0.39, 0.29) is 13.0 Å². The first kappa shape index (κ1) is 13.8. The van der Waals surface area contributed by atoms with Crippen LogP contribution in [0.2, 0.25) is 0 Å². The fourth-order valence-electron chi connectivity index (χ4n) is 0.656. The molecule has 2 atom stereocenters. The summed E-state index contributed by atoms with van der Waals surface area (Å²) in [7, 11) is -3.75. The molecule has 0 rings (SSSR count). The standard InChI is InChI=1S/C7H12N2O5S/c1-5(4-8)15(13,14)9-3-2-6(10)7(11)12/h5-6,9-10H,2-3H2,1H3,(H,11,12). The Morgan fingerprint density at radius 2 is 2.13 bits per heavy atom. The molecule has 2 unspecified atom stereocenters. The average molecular weight is 236 g/mol. The number of carboxylic acid groups (broad SMARTS) is 1. The minimum absolute atomic E-state index is 0.220. The highest BCUT2D eigenvalue weighted by atomic mass is 32.2. The van der Waals surface area contributed by atoms with E-state index in [0.717, 1.165) is 0 Å². The van der Waals surface area contributed by atoms with Gasteiger partial charge in [0.05, 0.1) is 6.07 Å². The van der Waals surface area contributed by atoms with E-state index in [4.69, 9.17) is 15.5 Å². The van der Waals surface area contributed by atoms with E-state index in [2.05, 4.69) is 0 Å². The van der Waals surface area contributed by atoms with Gasteiger partial charge in [-0.2, -0.15) is 5.26 Å². The second-order valence-electron chi connectivity index (χ2n) is 2.85. The molecule has 0 bridgehead atoms. The number of nitrogens with zero attached hydrogens (tertiary/aromatic N) is 1. The van der Waals surface area contributed by atoms with Crippen molar-refractivity contribution < 1.29 is 23.4 Å². The highest BCUT2D eigenvalue weighted by molar-refractivity contribution is 7.90. The second kappa shape index (κ2) is 5.65. The zero-order chi connectivity index (χ0) is 12.1. The number of aliphatic hydroxyl groups is 1. The van der Waals surface area contributed by atoms with Crippen molar-refractivity contribution in [3.05, 3.63) is 0 Å². The Balaban J connectivity index is 4.09. The molecule has 3 N–H and O–H groups in total. The summed E-state index contributed by atoms with van der Waals surface area (Å²) in [6.45, 7) is 0.984. The summed E-state index contributed by atoms with van der Waals surface area (Å²) in [6.07, 6.45) is -1.85. The van der Waals surface area contributed by atoms with Crippen LogP contribution in [0.3, 0.4) is 0 Å². The lowest BCUT2D eigenvalue weighted by atomic mass is 10.3. The van der Waals surface area contributed by atoms with Gasteiger partial charge >= 0.3 is 5.97 Å². The first-order chi connectivity index (χ1) is 6.81.